The molecule has 1 aliphatic carbocycles. The molecule has 1 saturated carbocycles. The molecular weight excluding hydrogens is 330 g/mol. The molecule has 110 valence electrons. The zero-order chi connectivity index (χ0) is 14.8. The Labute approximate surface area is 132 Å². The highest BCUT2D eigenvalue weighted by Gasteiger charge is 2.26. The molecular formula is C16H18BrN3O. The summed E-state index contributed by atoms with van der Waals surface area (Å²) in [5, 5.41) is 3.92. The first kappa shape index (κ1) is 14.5. The van der Waals surface area contributed by atoms with Crippen LogP contribution in [-0.4, -0.2) is 16.9 Å². The fourth-order valence-electron chi connectivity index (χ4n) is 2.93. The fourth-order valence-corrected chi connectivity index (χ4v) is 3.40. The average Bonchev–Trinajstić information content (AvgIpc) is 2.85. The van der Waals surface area contributed by atoms with Crippen LogP contribution >= 0.6 is 15.9 Å². The molecule has 0 radical (unpaired) electrons. The van der Waals surface area contributed by atoms with Gasteiger partial charge in [0.1, 0.15) is 5.82 Å². The largest absolute Gasteiger partial charge is 0.327 e. The highest BCUT2D eigenvalue weighted by Crippen LogP contribution is 2.27. The van der Waals surface area contributed by atoms with E-state index in [4.69, 9.17) is 5.73 Å². The van der Waals surface area contributed by atoms with E-state index in [1.807, 2.05) is 30.3 Å². The Morgan fingerprint density at radius 1 is 1.33 bits per heavy atom. The average molecular weight is 348 g/mol. The van der Waals surface area contributed by atoms with E-state index >= 15 is 0 Å². The third kappa shape index (κ3) is 3.24. The van der Waals surface area contributed by atoms with Crippen molar-refractivity contribution < 1.29 is 4.79 Å². The molecule has 4 nitrogen and oxygen atoms in total. The number of carbonyl (C=O) groups is 1. The molecule has 0 saturated heterocycles. The van der Waals surface area contributed by atoms with E-state index in [2.05, 4.69) is 26.2 Å². The van der Waals surface area contributed by atoms with Gasteiger partial charge in [0.2, 0.25) is 5.91 Å². The van der Waals surface area contributed by atoms with Crippen molar-refractivity contribution >= 4 is 38.6 Å². The summed E-state index contributed by atoms with van der Waals surface area (Å²) in [5.74, 6) is 0.888. The number of aromatic nitrogens is 1. The lowest BCUT2D eigenvalue weighted by Crippen LogP contribution is -2.28. The summed E-state index contributed by atoms with van der Waals surface area (Å²) in [6.45, 7) is 0. The smallest absolute Gasteiger partial charge is 0.225 e. The number of nitrogens with zero attached hydrogens (tertiary/aromatic N) is 1. The Bertz CT molecular complexity index is 674. The van der Waals surface area contributed by atoms with Crippen LogP contribution in [-0.2, 0) is 4.79 Å². The van der Waals surface area contributed by atoms with Crippen molar-refractivity contribution in [3.63, 3.8) is 0 Å². The van der Waals surface area contributed by atoms with E-state index in [-0.39, 0.29) is 11.9 Å². The van der Waals surface area contributed by atoms with E-state index in [1.165, 1.54) is 0 Å². The highest BCUT2D eigenvalue weighted by atomic mass is 79.9. The Hall–Kier alpha value is -1.46. The Balaban J connectivity index is 1.72. The van der Waals surface area contributed by atoms with E-state index in [0.29, 0.717) is 18.2 Å². The third-order valence-electron chi connectivity index (χ3n) is 4.10. The monoisotopic (exact) mass is 347 g/mol. The maximum Gasteiger partial charge on any atom is 0.225 e. The Morgan fingerprint density at radius 3 is 2.95 bits per heavy atom. The number of hydrogen-bond acceptors (Lipinski definition) is 3. The molecule has 0 spiro atoms. The number of carbonyl (C=O) groups excluding carboxylic acids is 1. The minimum absolute atomic E-state index is 0.00347. The number of para-hydroxylation sites is 1. The van der Waals surface area contributed by atoms with Crippen molar-refractivity contribution in [2.45, 2.75) is 31.7 Å². The van der Waals surface area contributed by atoms with Gasteiger partial charge < -0.3 is 11.1 Å². The quantitative estimate of drug-likeness (QED) is 0.893. The van der Waals surface area contributed by atoms with Gasteiger partial charge in [-0.05, 0) is 52.9 Å². The summed E-state index contributed by atoms with van der Waals surface area (Å²) in [5.41, 5.74) is 6.87. The molecule has 0 aliphatic heterocycles. The van der Waals surface area contributed by atoms with E-state index in [9.17, 15) is 4.79 Å². The van der Waals surface area contributed by atoms with Crippen molar-refractivity contribution in [2.24, 2.45) is 11.7 Å². The molecule has 1 fully saturated rings. The first-order valence-electron chi connectivity index (χ1n) is 7.24. The summed E-state index contributed by atoms with van der Waals surface area (Å²) in [6.07, 6.45) is 3.68. The lowest BCUT2D eigenvalue weighted by Gasteiger charge is -2.14. The standard InChI is InChI=1S/C16H18BrN3O/c17-12-5-1-3-10-7-8-14(20-16(10)12)19-15(21)9-11-4-2-6-13(11)18/h1,3,5,7-8,11,13H,2,4,6,9,18H2,(H,19,20,21)/t11-,13+/m0/s1. The molecule has 3 N–H and O–H groups in total. The number of nitrogens with one attached hydrogen (secondary N) is 1. The Morgan fingerprint density at radius 2 is 2.19 bits per heavy atom. The molecule has 0 unspecified atom stereocenters. The molecule has 1 heterocycles. The van der Waals surface area contributed by atoms with Gasteiger partial charge in [0.05, 0.1) is 5.52 Å². The molecule has 5 heteroatoms. The number of anilines is 1. The van der Waals surface area contributed by atoms with Crippen LogP contribution in [0.25, 0.3) is 10.9 Å². The van der Waals surface area contributed by atoms with Gasteiger partial charge in [0.25, 0.3) is 0 Å². The fraction of sp³-hybridized carbons (Fsp3) is 0.375. The first-order valence-corrected chi connectivity index (χ1v) is 8.03. The van der Waals surface area contributed by atoms with Gasteiger partial charge in [-0.15, -0.1) is 0 Å². The predicted molar refractivity (Wildman–Crippen MR) is 88.0 cm³/mol. The molecule has 1 aromatic heterocycles. The van der Waals surface area contributed by atoms with Gasteiger partial charge >= 0.3 is 0 Å². The maximum absolute atomic E-state index is 12.1. The topological polar surface area (TPSA) is 68.0 Å². The van der Waals surface area contributed by atoms with Gasteiger partial charge in [-0.3, -0.25) is 4.79 Å². The molecule has 1 aliphatic rings. The van der Waals surface area contributed by atoms with Crippen LogP contribution < -0.4 is 11.1 Å². The first-order chi connectivity index (χ1) is 10.1. The van der Waals surface area contributed by atoms with Crippen molar-refractivity contribution in [3.8, 4) is 0 Å². The second-order valence-corrected chi connectivity index (χ2v) is 6.47. The molecule has 1 amide bonds. The zero-order valence-corrected chi connectivity index (χ0v) is 13.3. The highest BCUT2D eigenvalue weighted by molar-refractivity contribution is 9.10. The summed E-state index contributed by atoms with van der Waals surface area (Å²) < 4.78 is 0.925. The van der Waals surface area contributed by atoms with Crippen LogP contribution in [0, 0.1) is 5.92 Å². The summed E-state index contributed by atoms with van der Waals surface area (Å²) in [7, 11) is 0. The van der Waals surface area contributed by atoms with Gasteiger partial charge in [0, 0.05) is 22.3 Å². The number of amides is 1. The maximum atomic E-state index is 12.1. The number of hydrogen-bond donors (Lipinski definition) is 2. The van der Waals surface area contributed by atoms with Crippen LogP contribution in [0.3, 0.4) is 0 Å². The number of nitrogens with two attached hydrogens (primary N) is 1. The number of pyridine rings is 1. The zero-order valence-electron chi connectivity index (χ0n) is 11.7. The molecule has 0 bridgehead atoms. The minimum Gasteiger partial charge on any atom is -0.327 e. The van der Waals surface area contributed by atoms with Crippen molar-refractivity contribution in [1.29, 1.82) is 0 Å². The van der Waals surface area contributed by atoms with E-state index in [1.54, 1.807) is 0 Å². The number of fused-ring (bicyclic) bond motifs is 1. The van der Waals surface area contributed by atoms with Crippen molar-refractivity contribution in [2.75, 3.05) is 5.32 Å². The lowest BCUT2D eigenvalue weighted by atomic mass is 10.00. The summed E-state index contributed by atoms with van der Waals surface area (Å²) >= 11 is 3.48. The second-order valence-electron chi connectivity index (χ2n) is 5.62. The number of rotatable bonds is 3. The SMILES string of the molecule is N[C@@H]1CCC[C@H]1CC(=O)Nc1ccc2cccc(Br)c2n1. The van der Waals surface area contributed by atoms with Crippen molar-refractivity contribution in [1.82, 2.24) is 4.98 Å². The number of benzene rings is 1. The molecule has 2 atom stereocenters. The van der Waals surface area contributed by atoms with Crippen LogP contribution in [0.1, 0.15) is 25.7 Å². The van der Waals surface area contributed by atoms with Crippen LogP contribution in [0.4, 0.5) is 5.82 Å². The van der Waals surface area contributed by atoms with Gasteiger partial charge in [0.15, 0.2) is 0 Å². The number of halogens is 1. The third-order valence-corrected chi connectivity index (χ3v) is 4.74. The van der Waals surface area contributed by atoms with E-state index < -0.39 is 0 Å². The van der Waals surface area contributed by atoms with Crippen LogP contribution in [0.2, 0.25) is 0 Å². The van der Waals surface area contributed by atoms with Gasteiger partial charge in [-0.1, -0.05) is 18.6 Å². The lowest BCUT2D eigenvalue weighted by molar-refractivity contribution is -0.117. The van der Waals surface area contributed by atoms with Gasteiger partial charge in [-0.25, -0.2) is 4.98 Å². The second kappa shape index (κ2) is 6.12. The predicted octanol–water partition coefficient (Wildman–Crippen LogP) is 3.45. The van der Waals surface area contributed by atoms with Crippen LogP contribution in [0.5, 0.6) is 0 Å². The minimum atomic E-state index is -0.00347. The molecule has 1 aromatic carbocycles. The summed E-state index contributed by atoms with van der Waals surface area (Å²) in [4.78, 5) is 16.6. The summed E-state index contributed by atoms with van der Waals surface area (Å²) in [6, 6.07) is 9.86. The van der Waals surface area contributed by atoms with Crippen LogP contribution in [0.15, 0.2) is 34.8 Å². The van der Waals surface area contributed by atoms with E-state index in [0.717, 1.165) is 34.6 Å². The molecule has 2 aromatic rings. The van der Waals surface area contributed by atoms with Crippen molar-refractivity contribution in [3.05, 3.63) is 34.8 Å². The Kier molecular flexibility index (Phi) is 4.22. The van der Waals surface area contributed by atoms with Gasteiger partial charge in [-0.2, -0.15) is 0 Å². The molecule has 3 rings (SSSR count). The normalized spacial score (nSPS) is 21.6. The molecule has 21 heavy (non-hydrogen) atoms.